The lowest BCUT2D eigenvalue weighted by atomic mass is 10.0. The van der Waals surface area contributed by atoms with E-state index in [1.165, 1.54) is 180 Å². The summed E-state index contributed by atoms with van der Waals surface area (Å²) in [5, 5.41) is 11.6. The van der Waals surface area contributed by atoms with E-state index in [2.05, 4.69) is 183 Å². The van der Waals surface area contributed by atoms with Gasteiger partial charge in [0.25, 0.3) is 0 Å². The predicted molar refractivity (Wildman–Crippen MR) is 449 cm³/mol. The summed E-state index contributed by atoms with van der Waals surface area (Å²) in [6.07, 6.45) is 50.1. The molecule has 0 aliphatic carbocycles. The van der Waals surface area contributed by atoms with E-state index in [1.807, 2.05) is 0 Å². The van der Waals surface area contributed by atoms with E-state index < -0.39 is 45.3 Å². The molecule has 1 aromatic heterocycles. The minimum Gasteiger partial charge on any atom is -0.480 e. The number of imidazole rings is 1. The molecule has 598 valence electrons. The van der Waals surface area contributed by atoms with Gasteiger partial charge in [-0.3, -0.25) is 14.6 Å². The Kier molecular flexibility index (Phi) is 50.3. The number of rotatable bonds is 64. The molecule has 1 heterocycles. The molecule has 101 heavy (non-hydrogen) atoms. The third-order valence-electron chi connectivity index (χ3n) is 24.1. The quantitative estimate of drug-likeness (QED) is 0.0480. The molecule has 0 spiro atoms. The first-order chi connectivity index (χ1) is 47.3. The van der Waals surface area contributed by atoms with Crippen molar-refractivity contribution in [2.75, 3.05) is 45.8 Å². The van der Waals surface area contributed by atoms with Gasteiger partial charge >= 0.3 is 5.97 Å². The topological polar surface area (TPSA) is 130 Å². The second-order valence-electron chi connectivity index (χ2n) is 37.8. The zero-order chi connectivity index (χ0) is 76.2. The first-order valence-corrected chi connectivity index (χ1v) is 54.6. The standard InChI is InChI=1S/C85H175N5O7Si4/c1-25-29-33-37-41-45-49-53-59-75(94-98(17,18)82(5,6)7)69-88(70-76(95-99(19,20)83(8,9)10)60-54-50-46-42-38-34-30-26-2)64-57-63-80(91)90(79(81(92)93)67-74-68-86-73-87-74)66-58-65-89(71-77(96-100(21,22)84(11,12)13)61-55-51-47-43-39-35-31-27-3)72-78(97-101(23,24)85(14,15)16)62-56-52-48-44-40-36-32-28-4/h68,73,75-79H,25-67,69-72H2,1-24H3,(H,86,87)(H,92,93)/t75?,76?,77?,78?,79-/m0/s1. The Balaban J connectivity index is 4.07. The summed E-state index contributed by atoms with van der Waals surface area (Å²) in [6, 6.07) is -1.05. The van der Waals surface area contributed by atoms with Crippen LogP contribution in [0.4, 0.5) is 0 Å². The molecule has 1 rings (SSSR count). The number of carbonyl (C=O) groups is 2. The van der Waals surface area contributed by atoms with E-state index in [-0.39, 0.29) is 63.3 Å². The maximum Gasteiger partial charge on any atom is 0.326 e. The van der Waals surface area contributed by atoms with E-state index in [1.54, 1.807) is 17.4 Å². The number of nitrogens with one attached hydrogen (secondary N) is 1. The summed E-state index contributed by atoms with van der Waals surface area (Å²) in [5.41, 5.74) is 0.717. The molecule has 0 fully saturated rings. The predicted octanol–water partition coefficient (Wildman–Crippen LogP) is 25.7. The lowest BCUT2D eigenvalue weighted by molar-refractivity contribution is -0.150. The highest BCUT2D eigenvalue weighted by molar-refractivity contribution is 6.75. The summed E-state index contributed by atoms with van der Waals surface area (Å²) in [7, 11) is -8.74. The number of aromatic amines is 1. The van der Waals surface area contributed by atoms with Crippen molar-refractivity contribution in [1.29, 1.82) is 0 Å². The SMILES string of the molecule is CCCCCCCCCCC(CN(CCCC(=O)N(CCCN(CC(CCCCCCCCCC)O[Si](C)(C)C(C)(C)C)CC(CCCCCCCCCC)O[Si](C)(C)C(C)(C)C)[C@@H](Cc1cnc[nH]1)C(=O)O)CC(CCCCCCCCCC)O[Si](C)(C)C(C)(C)C)O[Si](C)(C)C(C)(C)C. The molecule has 0 aliphatic rings. The number of carbonyl (C=O) groups excluding carboxylic acids is 1. The van der Waals surface area contributed by atoms with E-state index >= 15 is 4.79 Å². The van der Waals surface area contributed by atoms with E-state index in [0.717, 1.165) is 83.2 Å². The molecule has 1 aromatic rings. The largest absolute Gasteiger partial charge is 0.480 e. The highest BCUT2D eigenvalue weighted by Gasteiger charge is 2.44. The Hall–Kier alpha value is -1.22. The summed E-state index contributed by atoms with van der Waals surface area (Å²) >= 11 is 0. The number of H-pyrrole nitrogens is 1. The fraction of sp³-hybridized carbons (Fsp3) is 0.941. The Bertz CT molecular complexity index is 2080. The van der Waals surface area contributed by atoms with Gasteiger partial charge in [0.1, 0.15) is 6.04 Å². The highest BCUT2D eigenvalue weighted by Crippen LogP contribution is 2.42. The molecular formula is C85H175N5O7Si4. The van der Waals surface area contributed by atoms with Crippen LogP contribution in [0.2, 0.25) is 72.5 Å². The average Bonchev–Trinajstić information content (AvgIpc) is 1.13. The molecule has 0 aromatic carbocycles. The summed E-state index contributed by atoms with van der Waals surface area (Å²) in [6.45, 7) is 61.8. The van der Waals surface area contributed by atoms with Crippen LogP contribution in [0.15, 0.2) is 12.5 Å². The molecule has 5 atom stereocenters. The van der Waals surface area contributed by atoms with Gasteiger partial charge in [-0.15, -0.1) is 0 Å². The number of carboxylic acid groups (broad SMARTS) is 1. The monoisotopic (exact) mass is 1490 g/mol. The van der Waals surface area contributed by atoms with Gasteiger partial charge in [-0.05, 0) is 118 Å². The summed E-state index contributed by atoms with van der Waals surface area (Å²) in [4.78, 5) is 44.0. The van der Waals surface area contributed by atoms with Gasteiger partial charge in [-0.25, -0.2) is 9.78 Å². The van der Waals surface area contributed by atoms with E-state index in [9.17, 15) is 9.90 Å². The number of amides is 1. The fourth-order valence-electron chi connectivity index (χ4n) is 13.3. The number of carboxylic acids is 1. The lowest BCUT2D eigenvalue weighted by Gasteiger charge is -2.43. The molecule has 0 saturated heterocycles. The van der Waals surface area contributed by atoms with Crippen LogP contribution in [0.25, 0.3) is 0 Å². The van der Waals surface area contributed by atoms with Gasteiger partial charge < -0.3 is 32.7 Å². The van der Waals surface area contributed by atoms with Crippen molar-refractivity contribution in [2.24, 2.45) is 0 Å². The second-order valence-corrected chi connectivity index (χ2v) is 56.8. The van der Waals surface area contributed by atoms with Crippen molar-refractivity contribution >= 4 is 45.1 Å². The van der Waals surface area contributed by atoms with Gasteiger partial charge in [-0.1, -0.05) is 316 Å². The van der Waals surface area contributed by atoms with Gasteiger partial charge in [0.05, 0.1) is 30.7 Å². The minimum absolute atomic E-state index is 0.0542. The van der Waals surface area contributed by atoms with Gasteiger partial charge in [0, 0.05) is 64.0 Å². The number of hydrogen-bond acceptors (Lipinski definition) is 9. The maximum atomic E-state index is 15.6. The molecule has 0 bridgehead atoms. The van der Waals surface area contributed by atoms with Crippen LogP contribution in [0.3, 0.4) is 0 Å². The Morgan fingerprint density at radius 2 is 0.653 bits per heavy atom. The zero-order valence-corrected chi connectivity index (χ0v) is 76.0. The molecule has 4 unspecified atom stereocenters. The third kappa shape index (κ3) is 43.5. The van der Waals surface area contributed by atoms with Crippen molar-refractivity contribution in [1.82, 2.24) is 24.7 Å². The third-order valence-corrected chi connectivity index (χ3v) is 42.3. The van der Waals surface area contributed by atoms with Crippen molar-refractivity contribution in [3.8, 4) is 0 Å². The van der Waals surface area contributed by atoms with Crippen LogP contribution in [-0.2, 0) is 33.7 Å². The summed E-state index contributed by atoms with van der Waals surface area (Å²) in [5.74, 6) is -1.07. The normalized spacial score (nSPS) is 14.9. The van der Waals surface area contributed by atoms with Crippen molar-refractivity contribution in [3.63, 3.8) is 0 Å². The molecule has 0 saturated carbocycles. The van der Waals surface area contributed by atoms with Crippen LogP contribution < -0.4 is 0 Å². The number of aromatic nitrogens is 2. The van der Waals surface area contributed by atoms with Crippen LogP contribution in [0.5, 0.6) is 0 Å². The number of unbranched alkanes of at least 4 members (excludes halogenated alkanes) is 28. The lowest BCUT2D eigenvalue weighted by Crippen LogP contribution is -2.51. The Morgan fingerprint density at radius 1 is 0.396 bits per heavy atom. The van der Waals surface area contributed by atoms with E-state index in [0.29, 0.717) is 32.5 Å². The molecular weight excluding hydrogens is 1320 g/mol. The number of nitrogens with zero attached hydrogens (tertiary/aromatic N) is 4. The van der Waals surface area contributed by atoms with Gasteiger partial charge in [-0.2, -0.15) is 0 Å². The Labute approximate surface area is 633 Å². The van der Waals surface area contributed by atoms with Crippen molar-refractivity contribution in [2.45, 2.75) is 471 Å². The molecule has 0 radical (unpaired) electrons. The van der Waals surface area contributed by atoms with Crippen molar-refractivity contribution < 1.29 is 32.4 Å². The maximum absolute atomic E-state index is 15.6. The zero-order valence-electron chi connectivity index (χ0n) is 72.0. The van der Waals surface area contributed by atoms with Crippen LogP contribution in [-0.4, -0.2) is 151 Å². The highest BCUT2D eigenvalue weighted by atomic mass is 28.4. The first-order valence-electron chi connectivity index (χ1n) is 42.9. The van der Waals surface area contributed by atoms with Crippen LogP contribution in [0, 0.1) is 0 Å². The first kappa shape index (κ1) is 97.8. The average molecular weight is 1490 g/mol. The minimum atomic E-state index is -2.19. The van der Waals surface area contributed by atoms with Crippen molar-refractivity contribution in [3.05, 3.63) is 18.2 Å². The van der Waals surface area contributed by atoms with Crippen LogP contribution in [0.1, 0.15) is 367 Å². The van der Waals surface area contributed by atoms with E-state index in [4.69, 9.17) is 17.7 Å². The Morgan fingerprint density at radius 3 is 0.891 bits per heavy atom. The molecule has 16 heteroatoms. The summed E-state index contributed by atoms with van der Waals surface area (Å²) < 4.78 is 30.2. The number of hydrogen-bond donors (Lipinski definition) is 2. The molecule has 0 aliphatic heterocycles. The fourth-order valence-corrected chi connectivity index (χ4v) is 18.8. The van der Waals surface area contributed by atoms with Gasteiger partial charge in [0.15, 0.2) is 33.3 Å². The molecule has 12 nitrogen and oxygen atoms in total. The van der Waals surface area contributed by atoms with Gasteiger partial charge in [0.2, 0.25) is 5.91 Å². The molecule has 1 amide bonds. The second kappa shape index (κ2) is 52.0. The molecule has 2 N–H and O–H groups in total. The smallest absolute Gasteiger partial charge is 0.326 e. The number of aliphatic carboxylic acids is 1. The van der Waals surface area contributed by atoms with Crippen LogP contribution >= 0.6 is 0 Å².